The third-order valence-electron chi connectivity index (χ3n) is 3.06. The van der Waals surface area contributed by atoms with Gasteiger partial charge in [-0.1, -0.05) is 6.92 Å². The fraction of sp³-hybridized carbons (Fsp3) is 0.500. The van der Waals surface area contributed by atoms with E-state index in [4.69, 9.17) is 0 Å². The maximum atomic E-state index is 11.9. The van der Waals surface area contributed by atoms with Crippen molar-refractivity contribution in [2.45, 2.75) is 38.6 Å². The first-order valence-corrected chi connectivity index (χ1v) is 5.48. The number of rotatable bonds is 3. The molecule has 1 fully saturated rings. The topological polar surface area (TPSA) is 39.1 Å². The highest BCUT2D eigenvalue weighted by Crippen LogP contribution is 2.29. The minimum Gasteiger partial charge on any atom is -0.312 e. The van der Waals surface area contributed by atoms with Gasteiger partial charge in [-0.15, -0.1) is 0 Å². The molecule has 1 aromatic heterocycles. The number of nitrogens with zero attached hydrogens (tertiary/aromatic N) is 1. The quantitative estimate of drug-likeness (QED) is 0.709. The minimum atomic E-state index is -0.117. The lowest BCUT2D eigenvalue weighted by Gasteiger charge is -2.27. The summed E-state index contributed by atoms with van der Waals surface area (Å²) >= 11 is 0. The molecule has 0 spiro atoms. The molecule has 0 atom stereocenters. The molecule has 1 aliphatic rings. The minimum absolute atomic E-state index is 0.0614. The zero-order chi connectivity index (χ0) is 10.8. The molecule has 80 valence electrons. The lowest BCUT2D eigenvalue weighted by molar-refractivity contribution is 0.0985. The van der Waals surface area contributed by atoms with Crippen LogP contribution in [-0.4, -0.2) is 10.4 Å². The van der Waals surface area contributed by atoms with Crippen LogP contribution < -0.4 is 5.56 Å². The molecule has 0 aromatic carbocycles. The normalized spacial score (nSPS) is 16.1. The summed E-state index contributed by atoms with van der Waals surface area (Å²) < 4.78 is 1.71. The first kappa shape index (κ1) is 10.1. The number of carbonyl (C=O) groups is 1. The van der Waals surface area contributed by atoms with Gasteiger partial charge < -0.3 is 4.57 Å². The van der Waals surface area contributed by atoms with Crippen molar-refractivity contribution in [3.05, 3.63) is 34.2 Å². The summed E-state index contributed by atoms with van der Waals surface area (Å²) in [5.74, 6) is -0.0614. The third-order valence-corrected chi connectivity index (χ3v) is 3.06. The molecular weight excluding hydrogens is 190 g/mol. The van der Waals surface area contributed by atoms with Crippen LogP contribution in [0.25, 0.3) is 0 Å². The van der Waals surface area contributed by atoms with Gasteiger partial charge in [0.15, 0.2) is 5.78 Å². The lowest BCUT2D eigenvalue weighted by Crippen LogP contribution is -2.31. The first-order valence-electron chi connectivity index (χ1n) is 5.48. The van der Waals surface area contributed by atoms with Crippen LogP contribution >= 0.6 is 0 Å². The van der Waals surface area contributed by atoms with E-state index in [1.165, 1.54) is 6.42 Å². The standard InChI is InChI=1S/C12H15NO2/c1-2-11(14)10-7-4-8-13(12(10)15)9-5-3-6-9/h4,7-9H,2-3,5-6H2,1H3. The molecule has 0 bridgehead atoms. The van der Waals surface area contributed by atoms with Crippen LogP contribution in [0.2, 0.25) is 0 Å². The largest absolute Gasteiger partial charge is 0.312 e. The number of carbonyl (C=O) groups excluding carboxylic acids is 1. The van der Waals surface area contributed by atoms with Gasteiger partial charge in [-0.3, -0.25) is 9.59 Å². The van der Waals surface area contributed by atoms with Crippen LogP contribution in [0.3, 0.4) is 0 Å². The number of hydrogen-bond donors (Lipinski definition) is 0. The summed E-state index contributed by atoms with van der Waals surface area (Å²) in [5, 5.41) is 0. The summed E-state index contributed by atoms with van der Waals surface area (Å²) in [6.45, 7) is 1.78. The monoisotopic (exact) mass is 205 g/mol. The Morgan fingerprint density at radius 1 is 1.53 bits per heavy atom. The van der Waals surface area contributed by atoms with Gasteiger partial charge in [-0.2, -0.15) is 0 Å². The van der Waals surface area contributed by atoms with Gasteiger partial charge in [0.05, 0.1) is 5.56 Å². The van der Waals surface area contributed by atoms with Crippen molar-refractivity contribution < 1.29 is 4.79 Å². The highest BCUT2D eigenvalue weighted by atomic mass is 16.1. The van der Waals surface area contributed by atoms with E-state index in [2.05, 4.69) is 0 Å². The van der Waals surface area contributed by atoms with Gasteiger partial charge in [0, 0.05) is 18.7 Å². The number of aromatic nitrogens is 1. The molecule has 0 amide bonds. The van der Waals surface area contributed by atoms with Crippen LogP contribution in [0, 0.1) is 0 Å². The molecule has 0 saturated heterocycles. The smallest absolute Gasteiger partial charge is 0.261 e. The Bertz CT molecular complexity index is 429. The Morgan fingerprint density at radius 3 is 2.80 bits per heavy atom. The van der Waals surface area contributed by atoms with Crippen LogP contribution in [-0.2, 0) is 0 Å². The highest BCUT2D eigenvalue weighted by Gasteiger charge is 2.21. The highest BCUT2D eigenvalue weighted by molar-refractivity contribution is 5.95. The summed E-state index contributed by atoms with van der Waals surface area (Å²) in [7, 11) is 0. The molecule has 0 radical (unpaired) electrons. The molecule has 1 heterocycles. The van der Waals surface area contributed by atoms with Crippen molar-refractivity contribution in [3.63, 3.8) is 0 Å². The zero-order valence-corrected chi connectivity index (χ0v) is 8.90. The summed E-state index contributed by atoms with van der Waals surface area (Å²) in [6, 6.07) is 3.74. The van der Waals surface area contributed by atoms with E-state index in [1.807, 2.05) is 0 Å². The van der Waals surface area contributed by atoms with Crippen molar-refractivity contribution in [2.75, 3.05) is 0 Å². The average molecular weight is 205 g/mol. The second-order valence-corrected chi connectivity index (χ2v) is 4.00. The second-order valence-electron chi connectivity index (χ2n) is 4.00. The van der Waals surface area contributed by atoms with E-state index in [0.29, 0.717) is 18.0 Å². The van der Waals surface area contributed by atoms with Crippen LogP contribution in [0.1, 0.15) is 49.0 Å². The average Bonchev–Trinajstić information content (AvgIpc) is 2.17. The van der Waals surface area contributed by atoms with Crippen molar-refractivity contribution in [3.8, 4) is 0 Å². The molecule has 0 unspecified atom stereocenters. The predicted molar refractivity (Wildman–Crippen MR) is 58.2 cm³/mol. The van der Waals surface area contributed by atoms with E-state index < -0.39 is 0 Å². The summed E-state index contributed by atoms with van der Waals surface area (Å²) in [5.41, 5.74) is 0.223. The van der Waals surface area contributed by atoms with Crippen LogP contribution in [0.5, 0.6) is 0 Å². The van der Waals surface area contributed by atoms with Gasteiger partial charge in [0.2, 0.25) is 0 Å². The van der Waals surface area contributed by atoms with E-state index in [9.17, 15) is 9.59 Å². The van der Waals surface area contributed by atoms with Crippen molar-refractivity contribution in [1.82, 2.24) is 4.57 Å². The molecular formula is C12H15NO2. The van der Waals surface area contributed by atoms with Gasteiger partial charge in [0.1, 0.15) is 0 Å². The molecule has 3 heteroatoms. The van der Waals surface area contributed by atoms with E-state index in [1.54, 1.807) is 29.8 Å². The van der Waals surface area contributed by atoms with Gasteiger partial charge >= 0.3 is 0 Å². The molecule has 0 N–H and O–H groups in total. The number of pyridine rings is 1. The fourth-order valence-electron chi connectivity index (χ4n) is 1.87. The number of Topliss-reactive ketones (excluding diaryl/α,β-unsaturated/α-hetero) is 1. The van der Waals surface area contributed by atoms with E-state index >= 15 is 0 Å². The summed E-state index contributed by atoms with van der Waals surface area (Å²) in [4.78, 5) is 23.4. The first-order chi connectivity index (χ1) is 7.24. The molecule has 0 aliphatic heterocycles. The molecule has 2 rings (SSSR count). The van der Waals surface area contributed by atoms with Gasteiger partial charge in [-0.05, 0) is 31.4 Å². The Labute approximate surface area is 88.7 Å². The number of hydrogen-bond acceptors (Lipinski definition) is 2. The van der Waals surface area contributed by atoms with Gasteiger partial charge in [0.25, 0.3) is 5.56 Å². The third kappa shape index (κ3) is 1.74. The van der Waals surface area contributed by atoms with Crippen molar-refractivity contribution >= 4 is 5.78 Å². The van der Waals surface area contributed by atoms with E-state index in [-0.39, 0.29) is 11.3 Å². The Balaban J connectivity index is 2.41. The molecule has 15 heavy (non-hydrogen) atoms. The van der Waals surface area contributed by atoms with Crippen molar-refractivity contribution in [1.29, 1.82) is 0 Å². The predicted octanol–water partition coefficient (Wildman–Crippen LogP) is 2.17. The molecule has 3 nitrogen and oxygen atoms in total. The van der Waals surface area contributed by atoms with Crippen molar-refractivity contribution in [2.24, 2.45) is 0 Å². The maximum absolute atomic E-state index is 11.9. The zero-order valence-electron chi connectivity index (χ0n) is 8.90. The fourth-order valence-corrected chi connectivity index (χ4v) is 1.87. The van der Waals surface area contributed by atoms with Crippen LogP contribution in [0.15, 0.2) is 23.1 Å². The molecule has 1 aromatic rings. The van der Waals surface area contributed by atoms with E-state index in [0.717, 1.165) is 12.8 Å². The van der Waals surface area contributed by atoms with Gasteiger partial charge in [-0.25, -0.2) is 0 Å². The summed E-state index contributed by atoms with van der Waals surface area (Å²) in [6.07, 6.45) is 5.49. The maximum Gasteiger partial charge on any atom is 0.261 e. The Morgan fingerprint density at radius 2 is 2.27 bits per heavy atom. The molecule has 1 saturated carbocycles. The second kappa shape index (κ2) is 4.01. The van der Waals surface area contributed by atoms with Crippen LogP contribution in [0.4, 0.5) is 0 Å². The number of ketones is 1. The Hall–Kier alpha value is -1.38. The lowest BCUT2D eigenvalue weighted by atomic mass is 9.92. The SMILES string of the molecule is CCC(=O)c1cccn(C2CCC2)c1=O. The Kier molecular flexibility index (Phi) is 2.71. The molecule has 1 aliphatic carbocycles.